The molecular weight excluding hydrogens is 1190 g/mol. The van der Waals surface area contributed by atoms with Gasteiger partial charge in [-0.1, -0.05) is 125 Å². The normalized spacial score (nSPS) is 28.0. The van der Waals surface area contributed by atoms with Crippen LogP contribution in [0.1, 0.15) is 202 Å². The van der Waals surface area contributed by atoms with Gasteiger partial charge in [0.2, 0.25) is 70.9 Å². The van der Waals surface area contributed by atoms with Gasteiger partial charge in [0.25, 0.3) is 0 Å². The van der Waals surface area contributed by atoms with E-state index in [0.717, 1.165) is 83.5 Å². The minimum Gasteiger partial charge on any atom is -0.343 e. The van der Waals surface area contributed by atoms with Crippen LogP contribution in [0.15, 0.2) is 0 Å². The summed E-state index contributed by atoms with van der Waals surface area (Å²) in [5, 5.41) is 9.04. The molecule has 8 atom stereocenters. The van der Waals surface area contributed by atoms with Crippen LogP contribution in [-0.2, 0) is 57.5 Å². The number of piperidine rings is 1. The Hall–Kier alpha value is -6.36. The van der Waals surface area contributed by atoms with Crippen LogP contribution in [0.2, 0.25) is 0 Å². The van der Waals surface area contributed by atoms with Gasteiger partial charge in [-0.3, -0.25) is 57.5 Å². The highest BCUT2D eigenvalue weighted by atomic mass is 16.2. The molecule has 3 saturated carbocycles. The number of carbonyl (C=O) groups excluding carboxylic acids is 12. The van der Waals surface area contributed by atoms with Crippen molar-refractivity contribution in [3.63, 3.8) is 0 Å². The lowest BCUT2D eigenvalue weighted by molar-refractivity contribution is -0.156. The van der Waals surface area contributed by atoms with E-state index in [4.69, 9.17) is 0 Å². The fourth-order valence-electron chi connectivity index (χ4n) is 15.2. The summed E-state index contributed by atoms with van der Waals surface area (Å²) in [6.07, 6.45) is 16.1. The Kier molecular flexibility index (Phi) is 28.4. The molecule has 3 heterocycles. The molecule has 0 unspecified atom stereocenters. The van der Waals surface area contributed by atoms with E-state index in [9.17, 15) is 43.2 Å². The minimum absolute atomic E-state index is 0.112. The largest absolute Gasteiger partial charge is 0.343 e. The Morgan fingerprint density at radius 3 is 1.69 bits per heavy atom. The zero-order valence-electron chi connectivity index (χ0n) is 58.8. The van der Waals surface area contributed by atoms with Gasteiger partial charge in [0.15, 0.2) is 0 Å². The zero-order valence-corrected chi connectivity index (χ0v) is 58.8. The molecule has 6 rings (SSSR count). The number of carbonyl (C=O) groups is 12. The maximum absolute atomic E-state index is 15.4. The van der Waals surface area contributed by atoms with Crippen molar-refractivity contribution >= 4 is 70.9 Å². The zero-order chi connectivity index (χ0) is 68.6. The maximum Gasteiger partial charge on any atom is 0.248 e. The molecule has 3 N–H and O–H groups in total. The second-order valence-corrected chi connectivity index (χ2v) is 29.2. The van der Waals surface area contributed by atoms with E-state index in [2.05, 4.69) is 16.0 Å². The van der Waals surface area contributed by atoms with E-state index < -0.39 is 157 Å². The van der Waals surface area contributed by atoms with Gasteiger partial charge in [-0.15, -0.1) is 0 Å². The van der Waals surface area contributed by atoms with Gasteiger partial charge in [0, 0.05) is 69.0 Å². The van der Waals surface area contributed by atoms with Crippen LogP contribution in [0.25, 0.3) is 0 Å². The first-order valence-corrected chi connectivity index (χ1v) is 35.3. The summed E-state index contributed by atoms with van der Waals surface area (Å²) in [4.78, 5) is 190. The SMILES string of the molecule is CC[C@H](C)[C@@H]1NC(=O)[C@H](CC(C)C)N(C)C(=O)C[C@@H](C(=O)N2CCCCC2)N(C)C(=O)[C@H](C(C)C)N(C)C(=O)C2(CCCC2)NC(=O)[C@@H]2CCCN2C(=O)[C@H](CCC2CCCCC2)NC(=O)CN(C)C(=O)[C@H](CC2CCCCC2)N(C)C(=O)CN(C)C(=O)CN(C)C1=O. The third kappa shape index (κ3) is 19.6. The predicted octanol–water partition coefficient (Wildman–Crippen LogP) is 4.55. The molecular formula is C69H116N12O12. The molecule has 524 valence electrons. The van der Waals surface area contributed by atoms with Crippen LogP contribution in [0.5, 0.6) is 0 Å². The number of likely N-dealkylation sites (N-methyl/N-ethyl adjacent to an activating group) is 7. The van der Waals surface area contributed by atoms with Crippen molar-refractivity contribution < 1.29 is 57.5 Å². The van der Waals surface area contributed by atoms with Gasteiger partial charge in [-0.2, -0.15) is 0 Å². The molecule has 0 aromatic heterocycles. The monoisotopic (exact) mass is 1300 g/mol. The second kappa shape index (κ2) is 34.9. The van der Waals surface area contributed by atoms with Gasteiger partial charge in [0.1, 0.15) is 47.8 Å². The van der Waals surface area contributed by atoms with Crippen molar-refractivity contribution in [2.24, 2.45) is 29.6 Å². The molecule has 0 bridgehead atoms. The van der Waals surface area contributed by atoms with Crippen molar-refractivity contribution in [3.8, 4) is 0 Å². The molecule has 0 radical (unpaired) electrons. The summed E-state index contributed by atoms with van der Waals surface area (Å²) >= 11 is 0. The highest BCUT2D eigenvalue weighted by Gasteiger charge is 2.51. The summed E-state index contributed by atoms with van der Waals surface area (Å²) in [5.41, 5.74) is -1.46. The highest BCUT2D eigenvalue weighted by molar-refractivity contribution is 6.00. The summed E-state index contributed by atoms with van der Waals surface area (Å²) < 4.78 is 0. The van der Waals surface area contributed by atoms with E-state index >= 15 is 14.4 Å². The number of nitrogens with zero attached hydrogens (tertiary/aromatic N) is 9. The van der Waals surface area contributed by atoms with Gasteiger partial charge in [-0.05, 0) is 100 Å². The number of hydrogen-bond donors (Lipinski definition) is 3. The summed E-state index contributed by atoms with van der Waals surface area (Å²) in [6.45, 7) is 10.7. The van der Waals surface area contributed by atoms with Crippen LogP contribution in [0.4, 0.5) is 0 Å². The Bertz CT molecular complexity index is 2630. The number of likely N-dealkylation sites (tertiary alicyclic amines) is 1. The third-order valence-corrected chi connectivity index (χ3v) is 21.4. The first kappa shape index (κ1) is 75.7. The Morgan fingerprint density at radius 2 is 1.10 bits per heavy atom. The van der Waals surface area contributed by atoms with Crippen LogP contribution in [-0.4, -0.2) is 251 Å². The molecule has 24 nitrogen and oxygen atoms in total. The first-order valence-electron chi connectivity index (χ1n) is 35.3. The summed E-state index contributed by atoms with van der Waals surface area (Å²) in [6, 6.07) is -7.88. The van der Waals surface area contributed by atoms with Crippen molar-refractivity contribution in [1.82, 2.24) is 60.0 Å². The number of fused-ring (bicyclic) bond motifs is 1. The van der Waals surface area contributed by atoms with E-state index in [1.807, 2.05) is 20.8 Å². The summed E-state index contributed by atoms with van der Waals surface area (Å²) in [5.74, 6) is -7.27. The van der Waals surface area contributed by atoms with Crippen LogP contribution >= 0.6 is 0 Å². The Morgan fingerprint density at radius 1 is 0.527 bits per heavy atom. The lowest BCUT2D eigenvalue weighted by Gasteiger charge is -2.42. The lowest BCUT2D eigenvalue weighted by Crippen LogP contribution is -2.65. The molecule has 3 aliphatic carbocycles. The molecule has 93 heavy (non-hydrogen) atoms. The molecule has 3 saturated heterocycles. The van der Waals surface area contributed by atoms with E-state index in [1.54, 1.807) is 25.7 Å². The van der Waals surface area contributed by atoms with Crippen molar-refractivity contribution in [2.75, 3.05) is 88.6 Å². The molecule has 0 aromatic carbocycles. The van der Waals surface area contributed by atoms with Crippen LogP contribution < -0.4 is 16.0 Å². The molecule has 12 amide bonds. The van der Waals surface area contributed by atoms with Crippen molar-refractivity contribution in [2.45, 2.75) is 250 Å². The molecule has 3 aliphatic heterocycles. The Balaban J connectivity index is 1.39. The maximum atomic E-state index is 15.4. The van der Waals surface area contributed by atoms with Gasteiger partial charge in [0.05, 0.1) is 26.1 Å². The van der Waals surface area contributed by atoms with Crippen molar-refractivity contribution in [1.29, 1.82) is 0 Å². The average molecular weight is 1310 g/mol. The van der Waals surface area contributed by atoms with Crippen LogP contribution in [0.3, 0.4) is 0 Å². The first-order chi connectivity index (χ1) is 44.0. The standard InChI is InChI=1S/C69H116N12O12/c1-14-47(6)59-66(91)75(9)43-57(84)73(7)44-58(85)77(11)53(40-49-29-20-16-21-30-49)64(89)74(8)42-55(82)70-50(33-32-48-27-18-15-19-28-48)63(88)81-38-26-31-51(81)62(87)72-69(34-22-23-35-69)68(93)79(13)60(46(4)5)67(92)78(12)54(65(90)80-36-24-17-25-37-80)41-56(83)76(10)52(39-45(2)3)61(86)71-59/h45-54,59-60H,14-44H2,1-13H3,(H,70,82)(H,71,86)(H,72,87)/t47-,50-,51-,52-,53-,54-,59-,60-/m0/s1. The topological polar surface area (TPSA) is 270 Å². The molecule has 0 aromatic rings. The van der Waals surface area contributed by atoms with E-state index in [0.29, 0.717) is 70.4 Å². The Labute approximate surface area is 554 Å². The smallest absolute Gasteiger partial charge is 0.248 e. The van der Waals surface area contributed by atoms with E-state index in [1.165, 1.54) is 88.5 Å². The fourth-order valence-corrected chi connectivity index (χ4v) is 15.2. The third-order valence-electron chi connectivity index (χ3n) is 21.4. The minimum atomic E-state index is -1.46. The highest BCUT2D eigenvalue weighted by Crippen LogP contribution is 2.35. The second-order valence-electron chi connectivity index (χ2n) is 29.2. The van der Waals surface area contributed by atoms with E-state index in [-0.39, 0.29) is 37.6 Å². The fraction of sp³-hybridized carbons (Fsp3) is 0.826. The lowest BCUT2D eigenvalue weighted by atomic mass is 9.84. The average Bonchev–Trinajstić information content (AvgIpc) is 1.77. The predicted molar refractivity (Wildman–Crippen MR) is 353 cm³/mol. The molecule has 6 fully saturated rings. The van der Waals surface area contributed by atoms with Crippen LogP contribution in [0, 0.1) is 29.6 Å². The molecule has 1 spiro atoms. The number of hydrogen-bond acceptors (Lipinski definition) is 12. The van der Waals surface area contributed by atoms with Gasteiger partial charge in [-0.25, -0.2) is 0 Å². The summed E-state index contributed by atoms with van der Waals surface area (Å²) in [7, 11) is 10.3. The van der Waals surface area contributed by atoms with Gasteiger partial charge >= 0.3 is 0 Å². The van der Waals surface area contributed by atoms with Gasteiger partial charge < -0.3 is 60.0 Å². The number of nitrogens with one attached hydrogen (secondary N) is 3. The molecule has 24 heteroatoms. The van der Waals surface area contributed by atoms with Crippen molar-refractivity contribution in [3.05, 3.63) is 0 Å². The number of rotatable bonds is 11. The number of amides is 12. The quantitative estimate of drug-likeness (QED) is 0.257. The molecule has 6 aliphatic rings.